The van der Waals surface area contributed by atoms with Crippen LogP contribution in [0.2, 0.25) is 0 Å². The molecule has 1 aromatic rings. The molecule has 0 saturated carbocycles. The molecule has 1 aromatic carbocycles. The third-order valence-corrected chi connectivity index (χ3v) is 2.87. The number of carbonyl (C=O) groups excluding carboxylic acids is 1. The second kappa shape index (κ2) is 6.83. The number of hydrogen-bond acceptors (Lipinski definition) is 4. The Labute approximate surface area is 116 Å². The highest BCUT2D eigenvalue weighted by Gasteiger charge is 2.15. The molecule has 0 aliphatic heterocycles. The number of nitro benzene ring substituents is 1. The van der Waals surface area contributed by atoms with Crippen molar-refractivity contribution in [2.24, 2.45) is 5.92 Å². The Kier molecular flexibility index (Phi) is 5.42. The van der Waals surface area contributed by atoms with Crippen LogP contribution >= 0.6 is 0 Å². The Morgan fingerprint density at radius 1 is 1.45 bits per heavy atom. The number of amides is 1. The SMILES string of the molecule is CC(C)C(C)NC(=O)COc1ccc([N+](=O)[O-])c(F)c1. The van der Waals surface area contributed by atoms with Gasteiger partial charge in [-0.1, -0.05) is 13.8 Å². The van der Waals surface area contributed by atoms with Gasteiger partial charge in [-0.15, -0.1) is 0 Å². The quantitative estimate of drug-likeness (QED) is 0.641. The molecule has 110 valence electrons. The third-order valence-electron chi connectivity index (χ3n) is 2.87. The van der Waals surface area contributed by atoms with E-state index in [2.05, 4.69) is 5.32 Å². The minimum absolute atomic E-state index is 0.000281. The fourth-order valence-corrected chi connectivity index (χ4v) is 1.34. The van der Waals surface area contributed by atoms with Gasteiger partial charge >= 0.3 is 5.69 Å². The summed E-state index contributed by atoms with van der Waals surface area (Å²) in [7, 11) is 0. The Balaban J connectivity index is 2.56. The fourth-order valence-electron chi connectivity index (χ4n) is 1.34. The maximum absolute atomic E-state index is 13.3. The van der Waals surface area contributed by atoms with Crippen LogP contribution < -0.4 is 10.1 Å². The van der Waals surface area contributed by atoms with Crippen LogP contribution in [0.3, 0.4) is 0 Å². The average molecular weight is 284 g/mol. The number of nitro groups is 1. The number of nitrogens with one attached hydrogen (secondary N) is 1. The lowest BCUT2D eigenvalue weighted by atomic mass is 10.1. The Morgan fingerprint density at radius 2 is 2.10 bits per heavy atom. The van der Waals surface area contributed by atoms with Crippen LogP contribution in [0.5, 0.6) is 5.75 Å². The van der Waals surface area contributed by atoms with Crippen molar-refractivity contribution < 1.29 is 18.8 Å². The van der Waals surface area contributed by atoms with Gasteiger partial charge in [-0.2, -0.15) is 4.39 Å². The monoisotopic (exact) mass is 284 g/mol. The molecule has 0 fully saturated rings. The molecule has 0 aliphatic carbocycles. The molecule has 6 nitrogen and oxygen atoms in total. The summed E-state index contributed by atoms with van der Waals surface area (Å²) >= 11 is 0. The molecular formula is C13H17FN2O4. The van der Waals surface area contributed by atoms with Gasteiger partial charge in [0.1, 0.15) is 5.75 Å². The van der Waals surface area contributed by atoms with Gasteiger partial charge in [0.05, 0.1) is 4.92 Å². The predicted molar refractivity (Wildman–Crippen MR) is 71.0 cm³/mol. The molecule has 0 aromatic heterocycles. The maximum atomic E-state index is 13.3. The van der Waals surface area contributed by atoms with Crippen LogP contribution in [0.25, 0.3) is 0 Å². The molecule has 0 aliphatic rings. The van der Waals surface area contributed by atoms with Gasteiger partial charge in [-0.25, -0.2) is 0 Å². The molecule has 0 bridgehead atoms. The molecule has 0 heterocycles. The lowest BCUT2D eigenvalue weighted by Gasteiger charge is -2.17. The van der Waals surface area contributed by atoms with Gasteiger partial charge in [0.2, 0.25) is 5.82 Å². The first-order chi connectivity index (χ1) is 9.31. The Bertz CT molecular complexity index is 505. The first-order valence-corrected chi connectivity index (χ1v) is 6.17. The lowest BCUT2D eigenvalue weighted by molar-refractivity contribution is -0.387. The van der Waals surface area contributed by atoms with Crippen LogP contribution in [0, 0.1) is 21.8 Å². The molecule has 1 amide bonds. The molecule has 7 heteroatoms. The van der Waals surface area contributed by atoms with Crippen molar-refractivity contribution in [2.45, 2.75) is 26.8 Å². The second-order valence-electron chi connectivity index (χ2n) is 4.76. The minimum Gasteiger partial charge on any atom is -0.484 e. The minimum atomic E-state index is -0.997. The number of nitrogens with zero attached hydrogens (tertiary/aromatic N) is 1. The van der Waals surface area contributed by atoms with E-state index in [4.69, 9.17) is 4.74 Å². The predicted octanol–water partition coefficient (Wildman–Crippen LogP) is 2.27. The fraction of sp³-hybridized carbons (Fsp3) is 0.462. The van der Waals surface area contributed by atoms with E-state index in [1.807, 2.05) is 20.8 Å². The van der Waals surface area contributed by atoms with Gasteiger partial charge in [-0.3, -0.25) is 14.9 Å². The van der Waals surface area contributed by atoms with Crippen molar-refractivity contribution in [1.29, 1.82) is 0 Å². The van der Waals surface area contributed by atoms with Crippen LogP contribution in [-0.4, -0.2) is 23.5 Å². The van der Waals surface area contributed by atoms with Gasteiger partial charge in [-0.05, 0) is 18.9 Å². The molecule has 0 saturated heterocycles. The first-order valence-electron chi connectivity index (χ1n) is 6.17. The molecule has 20 heavy (non-hydrogen) atoms. The summed E-state index contributed by atoms with van der Waals surface area (Å²) in [6.45, 7) is 5.54. The van der Waals surface area contributed by atoms with E-state index in [1.165, 1.54) is 6.07 Å². The van der Waals surface area contributed by atoms with E-state index in [1.54, 1.807) is 0 Å². The molecule has 0 spiro atoms. The van der Waals surface area contributed by atoms with E-state index in [0.29, 0.717) is 0 Å². The van der Waals surface area contributed by atoms with Crippen LogP contribution in [0.4, 0.5) is 10.1 Å². The van der Waals surface area contributed by atoms with E-state index >= 15 is 0 Å². The summed E-state index contributed by atoms with van der Waals surface area (Å²) in [5, 5.41) is 13.2. The number of rotatable bonds is 6. The zero-order valence-electron chi connectivity index (χ0n) is 11.6. The van der Waals surface area contributed by atoms with Crippen molar-refractivity contribution in [3.8, 4) is 5.75 Å². The van der Waals surface area contributed by atoms with Crippen LogP contribution in [-0.2, 0) is 4.79 Å². The first kappa shape index (κ1) is 15.9. The number of benzene rings is 1. The molecule has 1 N–H and O–H groups in total. The Morgan fingerprint density at radius 3 is 2.60 bits per heavy atom. The van der Waals surface area contributed by atoms with E-state index in [0.717, 1.165) is 12.1 Å². The zero-order chi connectivity index (χ0) is 15.3. The van der Waals surface area contributed by atoms with Crippen molar-refractivity contribution in [3.63, 3.8) is 0 Å². The molecular weight excluding hydrogens is 267 g/mol. The number of ether oxygens (including phenoxy) is 1. The normalized spacial score (nSPS) is 12.1. The summed E-state index contributed by atoms with van der Waals surface area (Å²) in [6.07, 6.45) is 0. The van der Waals surface area contributed by atoms with Crippen molar-refractivity contribution in [1.82, 2.24) is 5.32 Å². The molecule has 1 unspecified atom stereocenters. The van der Waals surface area contributed by atoms with Crippen LogP contribution in [0.1, 0.15) is 20.8 Å². The molecule has 1 atom stereocenters. The molecule has 1 rings (SSSR count). The smallest absolute Gasteiger partial charge is 0.305 e. The Hall–Kier alpha value is -2.18. The topological polar surface area (TPSA) is 81.5 Å². The molecule has 0 radical (unpaired) electrons. The van der Waals surface area contributed by atoms with E-state index in [-0.39, 0.29) is 30.2 Å². The highest BCUT2D eigenvalue weighted by molar-refractivity contribution is 5.77. The van der Waals surface area contributed by atoms with Gasteiger partial charge in [0, 0.05) is 18.2 Å². The highest BCUT2D eigenvalue weighted by atomic mass is 19.1. The zero-order valence-corrected chi connectivity index (χ0v) is 11.6. The number of carbonyl (C=O) groups is 1. The standard InChI is InChI=1S/C13H17FN2O4/c1-8(2)9(3)15-13(17)7-20-10-4-5-12(16(18)19)11(14)6-10/h4-6,8-9H,7H2,1-3H3,(H,15,17). The summed E-state index contributed by atoms with van der Waals surface area (Å²) in [6, 6.07) is 3.14. The van der Waals surface area contributed by atoms with Crippen LogP contribution in [0.15, 0.2) is 18.2 Å². The lowest BCUT2D eigenvalue weighted by Crippen LogP contribution is -2.38. The highest BCUT2D eigenvalue weighted by Crippen LogP contribution is 2.22. The largest absolute Gasteiger partial charge is 0.484 e. The van der Waals surface area contributed by atoms with Crippen molar-refractivity contribution in [3.05, 3.63) is 34.1 Å². The van der Waals surface area contributed by atoms with Crippen molar-refractivity contribution in [2.75, 3.05) is 6.61 Å². The second-order valence-corrected chi connectivity index (χ2v) is 4.76. The van der Waals surface area contributed by atoms with Crippen molar-refractivity contribution >= 4 is 11.6 Å². The third kappa shape index (κ3) is 4.49. The number of halogens is 1. The summed E-state index contributed by atoms with van der Waals surface area (Å²) in [4.78, 5) is 21.2. The van der Waals surface area contributed by atoms with E-state index < -0.39 is 16.4 Å². The van der Waals surface area contributed by atoms with Gasteiger partial charge in [0.15, 0.2) is 6.61 Å². The summed E-state index contributed by atoms with van der Waals surface area (Å²) < 4.78 is 18.4. The van der Waals surface area contributed by atoms with Gasteiger partial charge < -0.3 is 10.1 Å². The van der Waals surface area contributed by atoms with Gasteiger partial charge in [0.25, 0.3) is 5.91 Å². The maximum Gasteiger partial charge on any atom is 0.305 e. The average Bonchev–Trinajstić information content (AvgIpc) is 2.35. The van der Waals surface area contributed by atoms with E-state index in [9.17, 15) is 19.3 Å². The number of hydrogen-bond donors (Lipinski definition) is 1. The summed E-state index contributed by atoms with van der Waals surface area (Å²) in [5.41, 5.74) is -0.629. The summed E-state index contributed by atoms with van der Waals surface area (Å²) in [5.74, 6) is -0.968.